The third-order valence-corrected chi connectivity index (χ3v) is 5.25. The maximum atomic E-state index is 12.6. The molecule has 1 unspecified atom stereocenters. The van der Waals surface area contributed by atoms with E-state index in [1.54, 1.807) is 24.5 Å². The van der Waals surface area contributed by atoms with E-state index < -0.39 is 0 Å². The molecule has 0 saturated heterocycles. The van der Waals surface area contributed by atoms with Gasteiger partial charge in [0.1, 0.15) is 18.1 Å². The second-order valence-corrected chi connectivity index (χ2v) is 7.07. The summed E-state index contributed by atoms with van der Waals surface area (Å²) in [6, 6.07) is 3.87. The number of aromatic nitrogens is 5. The Morgan fingerprint density at radius 1 is 1.46 bits per heavy atom. The van der Waals surface area contributed by atoms with E-state index in [9.17, 15) is 4.79 Å². The standard InChI is InChI=1S/C17H20N6O2S/c1-25-9-16-22-21-15-3-2-12(4-6-23(15)16)18-17(24)14-8-13(19-20-14)11-5-7-26-10-11/h5,7-8,10,12H,2-4,6,9H2,1H3,(H,18,24)(H,19,20). The molecule has 26 heavy (non-hydrogen) atoms. The normalized spacial score (nSPS) is 16.9. The number of thiophene rings is 1. The van der Waals surface area contributed by atoms with Crippen LogP contribution in [0.4, 0.5) is 0 Å². The van der Waals surface area contributed by atoms with E-state index in [0.29, 0.717) is 12.3 Å². The largest absolute Gasteiger partial charge is 0.377 e. The molecule has 8 nitrogen and oxygen atoms in total. The fraction of sp³-hybridized carbons (Fsp3) is 0.412. The molecule has 2 N–H and O–H groups in total. The number of rotatable bonds is 5. The fourth-order valence-corrected chi connectivity index (χ4v) is 3.84. The number of amides is 1. The van der Waals surface area contributed by atoms with Crippen LogP contribution in [0.15, 0.2) is 22.9 Å². The van der Waals surface area contributed by atoms with Crippen LogP contribution in [0.3, 0.4) is 0 Å². The number of carbonyl (C=O) groups is 1. The molecule has 0 radical (unpaired) electrons. The third-order valence-electron chi connectivity index (χ3n) is 4.57. The van der Waals surface area contributed by atoms with Gasteiger partial charge in [0.15, 0.2) is 5.82 Å². The first-order chi connectivity index (χ1) is 12.7. The highest BCUT2D eigenvalue weighted by molar-refractivity contribution is 7.08. The number of ether oxygens (including phenoxy) is 1. The summed E-state index contributed by atoms with van der Waals surface area (Å²) in [6.45, 7) is 1.22. The minimum atomic E-state index is -0.126. The molecule has 0 saturated carbocycles. The molecule has 0 fully saturated rings. The maximum Gasteiger partial charge on any atom is 0.269 e. The lowest BCUT2D eigenvalue weighted by Crippen LogP contribution is -2.35. The number of fused-ring (bicyclic) bond motifs is 1. The van der Waals surface area contributed by atoms with Gasteiger partial charge in [0.25, 0.3) is 5.91 Å². The van der Waals surface area contributed by atoms with Crippen molar-refractivity contribution >= 4 is 17.2 Å². The summed E-state index contributed by atoms with van der Waals surface area (Å²) in [4.78, 5) is 12.6. The van der Waals surface area contributed by atoms with Crippen molar-refractivity contribution in [3.8, 4) is 11.3 Å². The average molecular weight is 372 g/mol. The van der Waals surface area contributed by atoms with E-state index in [-0.39, 0.29) is 11.9 Å². The van der Waals surface area contributed by atoms with Crippen molar-refractivity contribution in [1.29, 1.82) is 0 Å². The number of hydrogen-bond donors (Lipinski definition) is 2. The van der Waals surface area contributed by atoms with Gasteiger partial charge >= 0.3 is 0 Å². The van der Waals surface area contributed by atoms with E-state index in [2.05, 4.69) is 30.3 Å². The van der Waals surface area contributed by atoms with Gasteiger partial charge in [0.2, 0.25) is 0 Å². The number of H-pyrrole nitrogens is 1. The van der Waals surface area contributed by atoms with Gasteiger partial charge in [-0.15, -0.1) is 10.2 Å². The number of nitrogens with one attached hydrogen (secondary N) is 2. The van der Waals surface area contributed by atoms with Crippen LogP contribution >= 0.6 is 11.3 Å². The number of methoxy groups -OCH3 is 1. The molecular formula is C17H20N6O2S. The van der Waals surface area contributed by atoms with Gasteiger partial charge in [-0.05, 0) is 30.4 Å². The minimum absolute atomic E-state index is 0.0903. The lowest BCUT2D eigenvalue weighted by Gasteiger charge is -2.15. The molecule has 0 aromatic carbocycles. The Kier molecular flexibility index (Phi) is 4.81. The SMILES string of the molecule is COCc1nnc2n1CCC(NC(=O)c1cc(-c3ccsc3)n[nH]1)CC2. The van der Waals surface area contributed by atoms with Crippen molar-refractivity contribution < 1.29 is 9.53 Å². The van der Waals surface area contributed by atoms with E-state index in [1.807, 2.05) is 16.8 Å². The molecule has 3 aromatic rings. The van der Waals surface area contributed by atoms with Crippen LogP contribution in [0.25, 0.3) is 11.3 Å². The third kappa shape index (κ3) is 3.40. The molecule has 9 heteroatoms. The lowest BCUT2D eigenvalue weighted by molar-refractivity contribution is 0.0927. The van der Waals surface area contributed by atoms with E-state index in [0.717, 1.165) is 48.7 Å². The van der Waals surface area contributed by atoms with E-state index >= 15 is 0 Å². The zero-order valence-electron chi connectivity index (χ0n) is 14.4. The van der Waals surface area contributed by atoms with Gasteiger partial charge in [0, 0.05) is 37.1 Å². The molecule has 4 rings (SSSR count). The summed E-state index contributed by atoms with van der Waals surface area (Å²) < 4.78 is 7.27. The van der Waals surface area contributed by atoms with E-state index in [1.165, 1.54) is 0 Å². The average Bonchev–Trinajstić information content (AvgIpc) is 3.36. The Hall–Kier alpha value is -2.52. The van der Waals surface area contributed by atoms with Crippen molar-refractivity contribution in [1.82, 2.24) is 30.3 Å². The number of carbonyl (C=O) groups excluding carboxylic acids is 1. The molecule has 1 aliphatic heterocycles. The highest BCUT2D eigenvalue weighted by Gasteiger charge is 2.22. The van der Waals surface area contributed by atoms with Gasteiger partial charge in [-0.25, -0.2) is 0 Å². The van der Waals surface area contributed by atoms with Crippen molar-refractivity contribution in [2.75, 3.05) is 7.11 Å². The zero-order chi connectivity index (χ0) is 17.9. The van der Waals surface area contributed by atoms with Crippen molar-refractivity contribution in [3.05, 3.63) is 40.2 Å². The van der Waals surface area contributed by atoms with Crippen LogP contribution in [0.1, 0.15) is 35.0 Å². The van der Waals surface area contributed by atoms with Crippen LogP contribution in [0.5, 0.6) is 0 Å². The fourth-order valence-electron chi connectivity index (χ4n) is 3.19. The topological polar surface area (TPSA) is 97.7 Å². The molecule has 1 amide bonds. The summed E-state index contributed by atoms with van der Waals surface area (Å²) >= 11 is 1.61. The zero-order valence-corrected chi connectivity index (χ0v) is 15.3. The Morgan fingerprint density at radius 3 is 3.19 bits per heavy atom. The lowest BCUT2D eigenvalue weighted by atomic mass is 10.1. The van der Waals surface area contributed by atoms with Gasteiger partial charge in [-0.1, -0.05) is 0 Å². The first kappa shape index (κ1) is 16.9. The molecule has 1 aliphatic rings. The van der Waals surface area contributed by atoms with Crippen LogP contribution < -0.4 is 5.32 Å². The first-order valence-electron chi connectivity index (χ1n) is 8.53. The maximum absolute atomic E-state index is 12.6. The molecule has 136 valence electrons. The molecule has 0 spiro atoms. The number of hydrogen-bond acceptors (Lipinski definition) is 6. The second-order valence-electron chi connectivity index (χ2n) is 6.29. The van der Waals surface area contributed by atoms with Crippen LogP contribution in [-0.2, 0) is 24.3 Å². The predicted octanol–water partition coefficient (Wildman–Crippen LogP) is 2.01. The van der Waals surface area contributed by atoms with Crippen LogP contribution in [0, 0.1) is 0 Å². The van der Waals surface area contributed by atoms with Gasteiger partial charge < -0.3 is 14.6 Å². The van der Waals surface area contributed by atoms with Gasteiger partial charge in [0.05, 0.1) is 5.69 Å². The monoisotopic (exact) mass is 372 g/mol. The number of nitrogens with zero attached hydrogens (tertiary/aromatic N) is 4. The summed E-state index contributed by atoms with van der Waals surface area (Å²) in [7, 11) is 1.65. The Morgan fingerprint density at radius 2 is 2.38 bits per heavy atom. The van der Waals surface area contributed by atoms with E-state index in [4.69, 9.17) is 4.74 Å². The van der Waals surface area contributed by atoms with Crippen molar-refractivity contribution in [2.45, 2.75) is 38.5 Å². The van der Waals surface area contributed by atoms with Crippen molar-refractivity contribution in [2.24, 2.45) is 0 Å². The Bertz CT molecular complexity index is 885. The first-order valence-corrected chi connectivity index (χ1v) is 9.47. The summed E-state index contributed by atoms with van der Waals surface area (Å²) in [6.07, 6.45) is 2.45. The summed E-state index contributed by atoms with van der Waals surface area (Å²) in [5.74, 6) is 1.66. The highest BCUT2D eigenvalue weighted by Crippen LogP contribution is 2.21. The minimum Gasteiger partial charge on any atom is -0.377 e. The molecule has 0 aliphatic carbocycles. The quantitative estimate of drug-likeness (QED) is 0.714. The molecule has 4 heterocycles. The molecule has 3 aromatic heterocycles. The summed E-state index contributed by atoms with van der Waals surface area (Å²) in [5, 5.41) is 22.6. The number of aromatic amines is 1. The van der Waals surface area contributed by atoms with Gasteiger partial charge in [-0.2, -0.15) is 16.4 Å². The number of aryl methyl sites for hydroxylation is 1. The molecule has 1 atom stereocenters. The Labute approximate surface area is 154 Å². The smallest absolute Gasteiger partial charge is 0.269 e. The van der Waals surface area contributed by atoms with Crippen molar-refractivity contribution in [3.63, 3.8) is 0 Å². The predicted molar refractivity (Wildman–Crippen MR) is 96.8 cm³/mol. The van der Waals surface area contributed by atoms with Crippen LogP contribution in [0.2, 0.25) is 0 Å². The van der Waals surface area contributed by atoms with Gasteiger partial charge in [-0.3, -0.25) is 9.89 Å². The second kappa shape index (κ2) is 7.38. The molecular weight excluding hydrogens is 352 g/mol. The highest BCUT2D eigenvalue weighted by atomic mass is 32.1. The Balaban J connectivity index is 1.40. The summed E-state index contributed by atoms with van der Waals surface area (Å²) in [5.41, 5.74) is 2.28. The molecule has 0 bridgehead atoms. The van der Waals surface area contributed by atoms with Crippen LogP contribution in [-0.4, -0.2) is 44.0 Å².